The third-order valence-corrected chi connectivity index (χ3v) is 5.66. The summed E-state index contributed by atoms with van der Waals surface area (Å²) in [5.41, 5.74) is 1.67. The minimum atomic E-state index is 0.0980. The highest BCUT2D eigenvalue weighted by Crippen LogP contribution is 2.21. The Morgan fingerprint density at radius 1 is 1.20 bits per heavy atom. The van der Waals surface area contributed by atoms with E-state index >= 15 is 0 Å². The summed E-state index contributed by atoms with van der Waals surface area (Å²) in [5, 5.41) is 10.7. The summed E-state index contributed by atoms with van der Waals surface area (Å²) in [6.07, 6.45) is 7.64. The number of aromatic nitrogens is 1. The summed E-state index contributed by atoms with van der Waals surface area (Å²) in [7, 11) is 1.00. The summed E-state index contributed by atoms with van der Waals surface area (Å²) in [6.45, 7) is 5.31. The first kappa shape index (κ1) is 20.3. The Kier molecular flexibility index (Phi) is 8.29. The average molecular weight is 414 g/mol. The number of carbonyl (C=O) groups excluding carboxylic acids is 1. The van der Waals surface area contributed by atoms with Crippen LogP contribution in [0, 0.1) is 6.92 Å². The number of rotatable bonds is 3. The second-order valence-corrected chi connectivity index (χ2v) is 7.27. The maximum Gasteiger partial charge on any atom is 0.255 e. The largest absolute Gasteiger partial charge is 0.400 e. The highest BCUT2D eigenvalue weighted by atomic mass is 79.9. The minimum Gasteiger partial charge on any atom is -0.400 e. The van der Waals surface area contributed by atoms with E-state index in [9.17, 15) is 4.79 Å². The Morgan fingerprint density at radius 2 is 1.80 bits per heavy atom. The van der Waals surface area contributed by atoms with Gasteiger partial charge in [-0.05, 0) is 54.1 Å². The number of amides is 1. The molecule has 0 unspecified atom stereocenters. The van der Waals surface area contributed by atoms with Crippen molar-refractivity contribution in [1.29, 1.82) is 0 Å². The number of piperidine rings is 1. The number of aliphatic hydroxyl groups excluding tert-OH is 1. The second-order valence-electron chi connectivity index (χ2n) is 6.41. The zero-order valence-electron chi connectivity index (χ0n) is 15.0. The van der Waals surface area contributed by atoms with E-state index < -0.39 is 0 Å². The molecule has 0 radical (unpaired) electrons. The van der Waals surface area contributed by atoms with Crippen LogP contribution in [-0.2, 0) is 4.74 Å². The number of hydrogen-bond acceptors (Lipinski definition) is 5. The van der Waals surface area contributed by atoms with Crippen molar-refractivity contribution in [3.05, 3.63) is 28.0 Å². The lowest BCUT2D eigenvalue weighted by molar-refractivity contribution is 0.0631. The molecule has 6 nitrogen and oxygen atoms in total. The van der Waals surface area contributed by atoms with Gasteiger partial charge in [0.15, 0.2) is 0 Å². The molecule has 7 heteroatoms. The predicted octanol–water partition coefficient (Wildman–Crippen LogP) is 2.13. The number of hydrogen-bond donors (Lipinski definition) is 2. The summed E-state index contributed by atoms with van der Waals surface area (Å²) in [6, 6.07) is 1.09. The minimum absolute atomic E-state index is 0.0980. The van der Waals surface area contributed by atoms with Gasteiger partial charge in [-0.2, -0.15) is 0 Å². The van der Waals surface area contributed by atoms with Crippen LogP contribution in [0.5, 0.6) is 0 Å². The quantitative estimate of drug-likeness (QED) is 0.793. The molecule has 0 aromatic carbocycles. The number of pyridine rings is 1. The summed E-state index contributed by atoms with van der Waals surface area (Å²) >= 11 is 3.45. The predicted molar refractivity (Wildman–Crippen MR) is 101 cm³/mol. The van der Waals surface area contributed by atoms with Gasteiger partial charge in [-0.15, -0.1) is 0 Å². The normalized spacial score (nSPS) is 19.3. The molecular formula is C18H28BrN3O3. The van der Waals surface area contributed by atoms with Crippen LogP contribution < -0.4 is 5.32 Å². The fraction of sp³-hybridized carbons (Fsp3) is 0.667. The van der Waals surface area contributed by atoms with E-state index in [2.05, 4.69) is 26.2 Å². The highest BCUT2D eigenvalue weighted by molar-refractivity contribution is 9.10. The van der Waals surface area contributed by atoms with Gasteiger partial charge in [0.1, 0.15) is 0 Å². The Balaban J connectivity index is 0.00000109. The number of carbonyl (C=O) groups is 1. The van der Waals surface area contributed by atoms with Gasteiger partial charge < -0.3 is 20.1 Å². The van der Waals surface area contributed by atoms with Crippen molar-refractivity contribution in [2.75, 3.05) is 33.4 Å². The molecule has 140 valence electrons. The summed E-state index contributed by atoms with van der Waals surface area (Å²) in [4.78, 5) is 18.8. The first-order chi connectivity index (χ1) is 12.1. The van der Waals surface area contributed by atoms with Gasteiger partial charge in [0, 0.05) is 62.4 Å². The molecule has 1 aromatic heterocycles. The number of likely N-dealkylation sites (tertiary alicyclic amines) is 1. The molecule has 0 spiro atoms. The van der Waals surface area contributed by atoms with Crippen molar-refractivity contribution in [2.24, 2.45) is 0 Å². The van der Waals surface area contributed by atoms with Crippen LogP contribution in [0.4, 0.5) is 0 Å². The number of nitrogens with one attached hydrogen (secondary N) is 1. The van der Waals surface area contributed by atoms with Gasteiger partial charge in [0.2, 0.25) is 0 Å². The molecule has 2 N–H and O–H groups in total. The Labute approximate surface area is 158 Å². The van der Waals surface area contributed by atoms with Crippen LogP contribution in [-0.4, -0.2) is 66.4 Å². The van der Waals surface area contributed by atoms with E-state index in [0.717, 1.165) is 69.1 Å². The van der Waals surface area contributed by atoms with Gasteiger partial charge in [-0.1, -0.05) is 0 Å². The molecule has 1 aromatic rings. The molecule has 2 fully saturated rings. The second kappa shape index (κ2) is 10.2. The molecule has 0 atom stereocenters. The maximum absolute atomic E-state index is 12.7. The lowest BCUT2D eigenvalue weighted by Crippen LogP contribution is -2.49. The van der Waals surface area contributed by atoms with Crippen molar-refractivity contribution >= 4 is 21.8 Å². The lowest BCUT2D eigenvalue weighted by atomic mass is 10.0. The maximum atomic E-state index is 12.7. The molecular weight excluding hydrogens is 386 g/mol. The fourth-order valence-corrected chi connectivity index (χ4v) is 3.66. The van der Waals surface area contributed by atoms with Crippen molar-refractivity contribution in [2.45, 2.75) is 44.7 Å². The molecule has 2 aliphatic heterocycles. The van der Waals surface area contributed by atoms with E-state index in [0.29, 0.717) is 17.6 Å². The molecule has 2 aliphatic rings. The SMILES string of the molecule is CO.Cc1c(Br)cncc1C(=O)N1CCC(NC2CCOCC2)CC1. The first-order valence-corrected chi connectivity index (χ1v) is 9.62. The highest BCUT2D eigenvalue weighted by Gasteiger charge is 2.26. The van der Waals surface area contributed by atoms with Gasteiger partial charge in [0.05, 0.1) is 5.56 Å². The Morgan fingerprint density at radius 3 is 2.44 bits per heavy atom. The van der Waals surface area contributed by atoms with Gasteiger partial charge in [-0.25, -0.2) is 0 Å². The van der Waals surface area contributed by atoms with Crippen LogP contribution in [0.1, 0.15) is 41.6 Å². The smallest absolute Gasteiger partial charge is 0.255 e. The zero-order chi connectivity index (χ0) is 18.2. The van der Waals surface area contributed by atoms with Crippen LogP contribution in [0.2, 0.25) is 0 Å². The van der Waals surface area contributed by atoms with Crippen molar-refractivity contribution < 1.29 is 14.6 Å². The molecule has 1 amide bonds. The van der Waals surface area contributed by atoms with Gasteiger partial charge in [-0.3, -0.25) is 9.78 Å². The molecule has 0 saturated carbocycles. The molecule has 0 bridgehead atoms. The molecule has 0 aliphatic carbocycles. The van der Waals surface area contributed by atoms with Crippen molar-refractivity contribution in [1.82, 2.24) is 15.2 Å². The van der Waals surface area contributed by atoms with Crippen LogP contribution in [0.3, 0.4) is 0 Å². The fourth-order valence-electron chi connectivity index (χ4n) is 3.33. The third kappa shape index (κ3) is 5.48. The molecule has 2 saturated heterocycles. The monoisotopic (exact) mass is 413 g/mol. The third-order valence-electron chi connectivity index (χ3n) is 4.86. The van der Waals surface area contributed by atoms with Gasteiger partial charge in [0.25, 0.3) is 5.91 Å². The van der Waals surface area contributed by atoms with E-state index in [1.54, 1.807) is 12.4 Å². The molecule has 3 heterocycles. The first-order valence-electron chi connectivity index (χ1n) is 8.83. The van der Waals surface area contributed by atoms with Crippen LogP contribution >= 0.6 is 15.9 Å². The van der Waals surface area contributed by atoms with Crippen LogP contribution in [0.25, 0.3) is 0 Å². The topological polar surface area (TPSA) is 74.7 Å². The van der Waals surface area contributed by atoms with E-state index in [4.69, 9.17) is 9.84 Å². The standard InChI is InChI=1S/C17H24BrN3O2.CH4O/c1-12-15(10-19-11-16(12)18)17(22)21-6-2-13(3-7-21)20-14-4-8-23-9-5-14;1-2/h10-11,13-14,20H,2-9H2,1H3;2H,1H3. The van der Waals surface area contributed by atoms with Crippen LogP contribution in [0.15, 0.2) is 16.9 Å². The summed E-state index contributed by atoms with van der Waals surface area (Å²) < 4.78 is 6.29. The molecule has 3 rings (SSSR count). The van der Waals surface area contributed by atoms with E-state index in [1.165, 1.54) is 0 Å². The zero-order valence-corrected chi connectivity index (χ0v) is 16.6. The Bertz CT molecular complexity index is 556. The molecule has 25 heavy (non-hydrogen) atoms. The summed E-state index contributed by atoms with van der Waals surface area (Å²) in [5.74, 6) is 0.0980. The average Bonchev–Trinajstić information content (AvgIpc) is 2.66. The van der Waals surface area contributed by atoms with E-state index in [-0.39, 0.29) is 5.91 Å². The lowest BCUT2D eigenvalue weighted by Gasteiger charge is -2.35. The van der Waals surface area contributed by atoms with Crippen molar-refractivity contribution in [3.63, 3.8) is 0 Å². The Hall–Kier alpha value is -1.02. The number of nitrogens with zero attached hydrogens (tertiary/aromatic N) is 2. The van der Waals surface area contributed by atoms with Crippen molar-refractivity contribution in [3.8, 4) is 0 Å². The number of ether oxygens (including phenoxy) is 1. The van der Waals surface area contributed by atoms with Gasteiger partial charge >= 0.3 is 0 Å². The number of halogens is 1. The van der Waals surface area contributed by atoms with E-state index in [1.807, 2.05) is 11.8 Å². The number of aliphatic hydroxyl groups is 1.